The molecule has 0 amide bonds. The number of nitrogens with zero attached hydrogens (tertiary/aromatic N) is 2. The third kappa shape index (κ3) is 1.76. The van der Waals surface area contributed by atoms with Crippen LogP contribution in [0.5, 0.6) is 5.75 Å². The lowest BCUT2D eigenvalue weighted by Crippen LogP contribution is -1.95. The highest BCUT2D eigenvalue weighted by Crippen LogP contribution is 2.14. The Bertz CT molecular complexity index is 378. The SMILES string of the molecule is CCOc1ccc(-n2cccn2)cc1. The normalized spacial score (nSPS) is 10.1. The monoisotopic (exact) mass is 188 g/mol. The summed E-state index contributed by atoms with van der Waals surface area (Å²) >= 11 is 0. The van der Waals surface area contributed by atoms with Crippen LogP contribution in [0.1, 0.15) is 6.92 Å². The molecule has 1 heterocycles. The third-order valence-corrected chi connectivity index (χ3v) is 1.92. The van der Waals surface area contributed by atoms with Crippen molar-refractivity contribution in [3.8, 4) is 11.4 Å². The van der Waals surface area contributed by atoms with E-state index in [0.717, 1.165) is 11.4 Å². The summed E-state index contributed by atoms with van der Waals surface area (Å²) in [5, 5.41) is 4.14. The van der Waals surface area contributed by atoms with Crippen LogP contribution in [0, 0.1) is 0 Å². The molecule has 1 aromatic carbocycles. The van der Waals surface area contributed by atoms with Crippen LogP contribution in [-0.2, 0) is 0 Å². The first-order valence-corrected chi connectivity index (χ1v) is 4.63. The molecule has 0 bridgehead atoms. The van der Waals surface area contributed by atoms with Gasteiger partial charge in [-0.2, -0.15) is 5.10 Å². The Morgan fingerprint density at radius 2 is 2.07 bits per heavy atom. The Balaban J connectivity index is 2.22. The maximum absolute atomic E-state index is 5.35. The van der Waals surface area contributed by atoms with E-state index in [4.69, 9.17) is 4.74 Å². The van der Waals surface area contributed by atoms with Crippen molar-refractivity contribution >= 4 is 0 Å². The van der Waals surface area contributed by atoms with Gasteiger partial charge in [0.15, 0.2) is 0 Å². The Morgan fingerprint density at radius 3 is 2.64 bits per heavy atom. The Hall–Kier alpha value is -1.77. The van der Waals surface area contributed by atoms with Crippen molar-refractivity contribution in [3.63, 3.8) is 0 Å². The van der Waals surface area contributed by atoms with E-state index < -0.39 is 0 Å². The van der Waals surface area contributed by atoms with Crippen LogP contribution in [0.25, 0.3) is 5.69 Å². The lowest BCUT2D eigenvalue weighted by Gasteiger charge is -2.04. The van der Waals surface area contributed by atoms with Crippen LogP contribution in [0.2, 0.25) is 0 Å². The Kier molecular flexibility index (Phi) is 2.49. The molecule has 0 saturated heterocycles. The molecule has 0 aliphatic rings. The fourth-order valence-electron chi connectivity index (χ4n) is 1.28. The van der Waals surface area contributed by atoms with Crippen molar-refractivity contribution in [2.24, 2.45) is 0 Å². The second kappa shape index (κ2) is 3.96. The molecular formula is C11H12N2O. The largest absolute Gasteiger partial charge is 0.494 e. The van der Waals surface area contributed by atoms with Gasteiger partial charge in [0.25, 0.3) is 0 Å². The molecule has 0 aliphatic heterocycles. The molecule has 14 heavy (non-hydrogen) atoms. The lowest BCUT2D eigenvalue weighted by molar-refractivity contribution is 0.340. The topological polar surface area (TPSA) is 27.1 Å². The van der Waals surface area contributed by atoms with Crippen molar-refractivity contribution in [3.05, 3.63) is 42.7 Å². The Labute approximate surface area is 82.9 Å². The highest BCUT2D eigenvalue weighted by Gasteiger charge is 1.96. The maximum Gasteiger partial charge on any atom is 0.119 e. The average Bonchev–Trinajstić information content (AvgIpc) is 2.72. The zero-order chi connectivity index (χ0) is 9.80. The zero-order valence-corrected chi connectivity index (χ0v) is 8.05. The first-order valence-electron chi connectivity index (χ1n) is 4.63. The molecule has 1 aromatic heterocycles. The van der Waals surface area contributed by atoms with Gasteiger partial charge in [-0.1, -0.05) is 0 Å². The third-order valence-electron chi connectivity index (χ3n) is 1.92. The molecule has 0 saturated carbocycles. The quantitative estimate of drug-likeness (QED) is 0.738. The van der Waals surface area contributed by atoms with Gasteiger partial charge in [-0.05, 0) is 37.3 Å². The minimum absolute atomic E-state index is 0.696. The summed E-state index contributed by atoms with van der Waals surface area (Å²) < 4.78 is 7.16. The second-order valence-corrected chi connectivity index (χ2v) is 2.88. The molecule has 0 atom stereocenters. The van der Waals surface area contributed by atoms with Crippen LogP contribution in [0.3, 0.4) is 0 Å². The number of aromatic nitrogens is 2. The van der Waals surface area contributed by atoms with E-state index >= 15 is 0 Å². The second-order valence-electron chi connectivity index (χ2n) is 2.88. The molecule has 3 heteroatoms. The summed E-state index contributed by atoms with van der Waals surface area (Å²) in [7, 11) is 0. The highest BCUT2D eigenvalue weighted by atomic mass is 16.5. The van der Waals surface area contributed by atoms with Crippen LogP contribution in [-0.4, -0.2) is 16.4 Å². The average molecular weight is 188 g/mol. The fourth-order valence-corrected chi connectivity index (χ4v) is 1.28. The number of ether oxygens (including phenoxy) is 1. The number of benzene rings is 1. The molecule has 0 spiro atoms. The molecule has 0 aliphatic carbocycles. The van der Waals surface area contributed by atoms with Gasteiger partial charge in [0.05, 0.1) is 12.3 Å². The zero-order valence-electron chi connectivity index (χ0n) is 8.05. The predicted octanol–water partition coefficient (Wildman–Crippen LogP) is 2.27. The number of hydrogen-bond acceptors (Lipinski definition) is 2. The van der Waals surface area contributed by atoms with Gasteiger partial charge in [-0.3, -0.25) is 0 Å². The molecule has 0 fully saturated rings. The highest BCUT2D eigenvalue weighted by molar-refractivity contribution is 5.36. The van der Waals surface area contributed by atoms with Gasteiger partial charge >= 0.3 is 0 Å². The molecule has 0 N–H and O–H groups in total. The van der Waals surface area contributed by atoms with Gasteiger partial charge in [0, 0.05) is 12.4 Å². The van der Waals surface area contributed by atoms with Gasteiger partial charge in [0.1, 0.15) is 5.75 Å². The summed E-state index contributed by atoms with van der Waals surface area (Å²) in [5.74, 6) is 0.892. The number of rotatable bonds is 3. The summed E-state index contributed by atoms with van der Waals surface area (Å²) in [5.41, 5.74) is 1.04. The first-order chi connectivity index (χ1) is 6.90. The first kappa shape index (κ1) is 8.81. The molecule has 2 aromatic rings. The minimum atomic E-state index is 0.696. The van der Waals surface area contributed by atoms with E-state index in [0.29, 0.717) is 6.61 Å². The van der Waals surface area contributed by atoms with E-state index in [-0.39, 0.29) is 0 Å². The minimum Gasteiger partial charge on any atom is -0.494 e. The fraction of sp³-hybridized carbons (Fsp3) is 0.182. The molecule has 0 unspecified atom stereocenters. The van der Waals surface area contributed by atoms with Gasteiger partial charge in [0.2, 0.25) is 0 Å². The van der Waals surface area contributed by atoms with E-state index in [2.05, 4.69) is 5.10 Å². The van der Waals surface area contributed by atoms with Crippen molar-refractivity contribution < 1.29 is 4.74 Å². The maximum atomic E-state index is 5.35. The van der Waals surface area contributed by atoms with Crippen LogP contribution >= 0.6 is 0 Å². The van der Waals surface area contributed by atoms with Crippen molar-refractivity contribution in [2.45, 2.75) is 6.92 Å². The summed E-state index contributed by atoms with van der Waals surface area (Å²) in [4.78, 5) is 0. The van der Waals surface area contributed by atoms with Gasteiger partial charge in [-0.15, -0.1) is 0 Å². The van der Waals surface area contributed by atoms with Crippen molar-refractivity contribution in [2.75, 3.05) is 6.61 Å². The molecule has 72 valence electrons. The molecule has 2 rings (SSSR count). The lowest BCUT2D eigenvalue weighted by atomic mass is 10.3. The van der Waals surface area contributed by atoms with E-state index in [1.165, 1.54) is 0 Å². The number of hydrogen-bond donors (Lipinski definition) is 0. The standard InChI is InChI=1S/C11H12N2O/c1-2-14-11-6-4-10(5-7-11)13-9-3-8-12-13/h3-9H,2H2,1H3. The summed E-state index contributed by atoms with van der Waals surface area (Å²) in [6, 6.07) is 9.76. The van der Waals surface area contributed by atoms with Gasteiger partial charge in [-0.25, -0.2) is 4.68 Å². The van der Waals surface area contributed by atoms with Crippen LogP contribution in [0.15, 0.2) is 42.7 Å². The predicted molar refractivity (Wildman–Crippen MR) is 54.7 cm³/mol. The van der Waals surface area contributed by atoms with Gasteiger partial charge < -0.3 is 4.74 Å². The Morgan fingerprint density at radius 1 is 1.29 bits per heavy atom. The van der Waals surface area contributed by atoms with E-state index in [1.807, 2.05) is 48.1 Å². The van der Waals surface area contributed by atoms with Crippen molar-refractivity contribution in [1.82, 2.24) is 9.78 Å². The van der Waals surface area contributed by atoms with Crippen LogP contribution in [0.4, 0.5) is 0 Å². The van der Waals surface area contributed by atoms with Crippen LogP contribution < -0.4 is 4.74 Å². The van der Waals surface area contributed by atoms with E-state index in [9.17, 15) is 0 Å². The summed E-state index contributed by atoms with van der Waals surface area (Å²) in [6.07, 6.45) is 3.67. The molecular weight excluding hydrogens is 176 g/mol. The molecule has 0 radical (unpaired) electrons. The smallest absolute Gasteiger partial charge is 0.119 e. The van der Waals surface area contributed by atoms with E-state index in [1.54, 1.807) is 6.20 Å². The molecule has 3 nitrogen and oxygen atoms in total. The van der Waals surface area contributed by atoms with Crippen molar-refractivity contribution in [1.29, 1.82) is 0 Å². The summed E-state index contributed by atoms with van der Waals surface area (Å²) in [6.45, 7) is 2.67.